The van der Waals surface area contributed by atoms with E-state index in [9.17, 15) is 0 Å². The van der Waals surface area contributed by atoms with E-state index < -0.39 is 0 Å². The molecule has 118 valence electrons. The average Bonchev–Trinajstić information content (AvgIpc) is 2.92. The molecule has 0 radical (unpaired) electrons. The first kappa shape index (κ1) is 14.8. The summed E-state index contributed by atoms with van der Waals surface area (Å²) in [6, 6.07) is 12.4. The van der Waals surface area contributed by atoms with Crippen molar-refractivity contribution in [2.45, 2.75) is 45.8 Å². The third-order valence-corrected chi connectivity index (χ3v) is 5.19. The number of furan rings is 1. The van der Waals surface area contributed by atoms with Gasteiger partial charge in [-0.15, -0.1) is 0 Å². The van der Waals surface area contributed by atoms with Gasteiger partial charge in [-0.05, 0) is 57.8 Å². The van der Waals surface area contributed by atoms with E-state index in [4.69, 9.17) is 13.7 Å². The lowest BCUT2D eigenvalue weighted by Gasteiger charge is -2.32. The first-order valence-corrected chi connectivity index (χ1v) is 8.06. The molecule has 23 heavy (non-hydrogen) atoms. The summed E-state index contributed by atoms with van der Waals surface area (Å²) in [4.78, 5) is 0. The van der Waals surface area contributed by atoms with Crippen molar-refractivity contribution in [3.05, 3.63) is 42.0 Å². The molecule has 0 atom stereocenters. The summed E-state index contributed by atoms with van der Waals surface area (Å²) in [7, 11) is -0.384. The maximum atomic E-state index is 6.24. The highest BCUT2D eigenvalue weighted by Gasteiger charge is 2.52. The molecule has 1 aromatic heterocycles. The molecule has 2 heterocycles. The molecule has 0 aliphatic carbocycles. The Balaban J connectivity index is 1.93. The smallest absolute Gasteiger partial charge is 0.456 e. The fourth-order valence-electron chi connectivity index (χ4n) is 3.13. The lowest BCUT2D eigenvalue weighted by molar-refractivity contribution is 0.00578. The molecule has 4 heteroatoms. The summed E-state index contributed by atoms with van der Waals surface area (Å²) >= 11 is 0. The fraction of sp³-hybridized carbons (Fsp3) is 0.368. The number of hydrogen-bond donors (Lipinski definition) is 0. The number of benzene rings is 2. The molecule has 0 unspecified atom stereocenters. The molecule has 1 fully saturated rings. The Morgan fingerprint density at radius 2 is 1.57 bits per heavy atom. The zero-order chi connectivity index (χ0) is 16.4. The molecule has 2 aromatic carbocycles. The van der Waals surface area contributed by atoms with Gasteiger partial charge in [0, 0.05) is 10.8 Å². The highest BCUT2D eigenvalue weighted by Crippen LogP contribution is 2.38. The summed E-state index contributed by atoms with van der Waals surface area (Å²) in [6.45, 7) is 10.4. The van der Waals surface area contributed by atoms with Gasteiger partial charge in [-0.2, -0.15) is 0 Å². The molecule has 0 amide bonds. The minimum absolute atomic E-state index is 0.351. The summed E-state index contributed by atoms with van der Waals surface area (Å²) < 4.78 is 18.5. The molecule has 1 saturated heterocycles. The molecule has 0 spiro atoms. The first-order valence-electron chi connectivity index (χ1n) is 8.06. The minimum atomic E-state index is -0.384. The van der Waals surface area contributed by atoms with Crippen LogP contribution in [0.3, 0.4) is 0 Å². The van der Waals surface area contributed by atoms with E-state index in [1.807, 2.05) is 12.1 Å². The van der Waals surface area contributed by atoms with Crippen molar-refractivity contribution in [3.63, 3.8) is 0 Å². The van der Waals surface area contributed by atoms with Crippen LogP contribution < -0.4 is 5.46 Å². The number of rotatable bonds is 1. The van der Waals surface area contributed by atoms with Crippen molar-refractivity contribution in [3.8, 4) is 0 Å². The number of hydrogen-bond acceptors (Lipinski definition) is 3. The SMILES string of the molecule is Cc1ccc2c(c1)oc1cccc(B3OC(C)(C)C(C)(C)O3)c12. The molecule has 0 bridgehead atoms. The zero-order valence-electron chi connectivity index (χ0n) is 14.3. The Kier molecular flexibility index (Phi) is 2.97. The zero-order valence-corrected chi connectivity index (χ0v) is 14.3. The minimum Gasteiger partial charge on any atom is -0.456 e. The number of fused-ring (bicyclic) bond motifs is 3. The summed E-state index contributed by atoms with van der Waals surface area (Å²) in [5.41, 5.74) is 3.30. The fourth-order valence-corrected chi connectivity index (χ4v) is 3.13. The maximum absolute atomic E-state index is 6.24. The van der Waals surface area contributed by atoms with Gasteiger partial charge in [-0.25, -0.2) is 0 Å². The second-order valence-electron chi connectivity index (χ2n) is 7.41. The molecular weight excluding hydrogens is 287 g/mol. The number of aryl methyl sites for hydroxylation is 1. The van der Waals surface area contributed by atoms with Gasteiger partial charge < -0.3 is 13.7 Å². The van der Waals surface area contributed by atoms with E-state index in [1.54, 1.807) is 0 Å². The Labute approximate surface area is 136 Å². The quantitative estimate of drug-likeness (QED) is 0.632. The van der Waals surface area contributed by atoms with Crippen LogP contribution in [0, 0.1) is 6.92 Å². The largest absolute Gasteiger partial charge is 0.495 e. The van der Waals surface area contributed by atoms with Crippen LogP contribution in [0.15, 0.2) is 40.8 Å². The van der Waals surface area contributed by atoms with E-state index in [1.165, 1.54) is 5.56 Å². The third kappa shape index (κ3) is 2.13. The Bertz CT molecular complexity index is 892. The highest BCUT2D eigenvalue weighted by molar-refractivity contribution is 6.66. The molecule has 0 saturated carbocycles. The summed E-state index contributed by atoms with van der Waals surface area (Å²) in [5, 5.41) is 2.19. The van der Waals surface area contributed by atoms with Gasteiger partial charge in [0.2, 0.25) is 0 Å². The van der Waals surface area contributed by atoms with Crippen molar-refractivity contribution >= 4 is 34.5 Å². The van der Waals surface area contributed by atoms with Gasteiger partial charge >= 0.3 is 7.12 Å². The van der Waals surface area contributed by atoms with Crippen LogP contribution in [-0.4, -0.2) is 18.3 Å². The molecule has 0 N–H and O–H groups in total. The lowest BCUT2D eigenvalue weighted by atomic mass is 9.76. The van der Waals surface area contributed by atoms with E-state index >= 15 is 0 Å². The van der Waals surface area contributed by atoms with Gasteiger partial charge in [0.05, 0.1) is 11.2 Å². The van der Waals surface area contributed by atoms with Gasteiger partial charge in [0.25, 0.3) is 0 Å². The first-order chi connectivity index (χ1) is 10.8. The molecule has 4 rings (SSSR count). The highest BCUT2D eigenvalue weighted by atomic mass is 16.7. The molecule has 1 aliphatic heterocycles. The Morgan fingerprint density at radius 3 is 2.26 bits per heavy atom. The van der Waals surface area contributed by atoms with Crippen LogP contribution in [0.1, 0.15) is 33.3 Å². The predicted octanol–water partition coefficient (Wildman–Crippen LogP) is 4.19. The van der Waals surface area contributed by atoms with Crippen molar-refractivity contribution in [2.75, 3.05) is 0 Å². The molecule has 3 nitrogen and oxygen atoms in total. The van der Waals surface area contributed by atoms with Gasteiger partial charge in [0.1, 0.15) is 11.2 Å². The van der Waals surface area contributed by atoms with Gasteiger partial charge in [-0.3, -0.25) is 0 Å². The second-order valence-corrected chi connectivity index (χ2v) is 7.41. The van der Waals surface area contributed by atoms with Crippen LogP contribution in [0.4, 0.5) is 0 Å². The Hall–Kier alpha value is -1.78. The molecule has 1 aliphatic rings. The van der Waals surface area contributed by atoms with E-state index in [2.05, 4.69) is 58.9 Å². The van der Waals surface area contributed by atoms with E-state index in [0.717, 1.165) is 27.4 Å². The normalized spacial score (nSPS) is 19.8. The van der Waals surface area contributed by atoms with Crippen molar-refractivity contribution in [1.29, 1.82) is 0 Å². The topological polar surface area (TPSA) is 31.6 Å². The summed E-state index contributed by atoms with van der Waals surface area (Å²) in [5.74, 6) is 0. The summed E-state index contributed by atoms with van der Waals surface area (Å²) in [6.07, 6.45) is 0. The van der Waals surface area contributed by atoms with Crippen LogP contribution in [0.2, 0.25) is 0 Å². The second kappa shape index (κ2) is 4.62. The van der Waals surface area contributed by atoms with Crippen LogP contribution in [0.5, 0.6) is 0 Å². The van der Waals surface area contributed by atoms with E-state index in [0.29, 0.717) is 0 Å². The van der Waals surface area contributed by atoms with Crippen LogP contribution in [-0.2, 0) is 9.31 Å². The third-order valence-electron chi connectivity index (χ3n) is 5.19. The maximum Gasteiger partial charge on any atom is 0.495 e. The van der Waals surface area contributed by atoms with Crippen LogP contribution >= 0.6 is 0 Å². The van der Waals surface area contributed by atoms with E-state index in [-0.39, 0.29) is 18.3 Å². The lowest BCUT2D eigenvalue weighted by Crippen LogP contribution is -2.41. The molecular formula is C19H21BO3. The monoisotopic (exact) mass is 308 g/mol. The van der Waals surface area contributed by atoms with Gasteiger partial charge in [-0.1, -0.05) is 24.3 Å². The Morgan fingerprint density at radius 1 is 0.870 bits per heavy atom. The van der Waals surface area contributed by atoms with Crippen LogP contribution in [0.25, 0.3) is 21.9 Å². The molecule has 3 aromatic rings. The standard InChI is InChI=1S/C19H21BO3/c1-12-9-10-13-16(11-12)21-15-8-6-7-14(17(13)15)20-22-18(2,3)19(4,5)23-20/h6-11H,1-5H3. The van der Waals surface area contributed by atoms with Crippen molar-refractivity contribution < 1.29 is 13.7 Å². The predicted molar refractivity (Wildman–Crippen MR) is 94.2 cm³/mol. The van der Waals surface area contributed by atoms with Gasteiger partial charge in [0.15, 0.2) is 0 Å². The van der Waals surface area contributed by atoms with Crippen molar-refractivity contribution in [2.24, 2.45) is 0 Å². The van der Waals surface area contributed by atoms with Crippen molar-refractivity contribution in [1.82, 2.24) is 0 Å². The average molecular weight is 308 g/mol.